The van der Waals surface area contributed by atoms with Crippen LogP contribution < -0.4 is 20.4 Å². The number of nitrogens with two attached hydrogens (primary N) is 1. The van der Waals surface area contributed by atoms with Gasteiger partial charge in [0.25, 0.3) is 5.91 Å². The van der Waals surface area contributed by atoms with E-state index in [9.17, 15) is 14.0 Å². The van der Waals surface area contributed by atoms with Crippen molar-refractivity contribution in [2.75, 3.05) is 34.5 Å². The third kappa shape index (κ3) is 3.87. The number of pyridine rings is 2. The molecule has 2 atom stereocenters. The van der Waals surface area contributed by atoms with Crippen molar-refractivity contribution >= 4 is 41.9 Å². The topological polar surface area (TPSA) is 105 Å². The van der Waals surface area contributed by atoms with E-state index < -0.39 is 18.8 Å². The van der Waals surface area contributed by atoms with Gasteiger partial charge in [0.2, 0.25) is 0 Å². The van der Waals surface area contributed by atoms with Crippen molar-refractivity contribution in [3.05, 3.63) is 41.1 Å². The Morgan fingerprint density at radius 1 is 1.21 bits per heavy atom. The van der Waals surface area contributed by atoms with Crippen molar-refractivity contribution in [2.45, 2.75) is 44.9 Å². The fourth-order valence-electron chi connectivity index (χ4n) is 4.68. The van der Waals surface area contributed by atoms with Crippen LogP contribution in [0.2, 0.25) is 0 Å². The van der Waals surface area contributed by atoms with Gasteiger partial charge in [-0.25, -0.2) is 19.2 Å². The van der Waals surface area contributed by atoms with Crippen LogP contribution >= 0.6 is 12.4 Å². The number of fused-ring (bicyclic) bond motifs is 1. The number of amides is 2. The first-order chi connectivity index (χ1) is 15.5. The van der Waals surface area contributed by atoms with Crippen LogP contribution in [0.15, 0.2) is 24.3 Å². The van der Waals surface area contributed by atoms with Crippen molar-refractivity contribution in [3.63, 3.8) is 0 Å². The maximum Gasteiger partial charge on any atom is 0.416 e. The van der Waals surface area contributed by atoms with Crippen LogP contribution in [-0.4, -0.2) is 53.9 Å². The Morgan fingerprint density at radius 3 is 2.70 bits per heavy atom. The van der Waals surface area contributed by atoms with E-state index in [1.54, 1.807) is 18.2 Å². The summed E-state index contributed by atoms with van der Waals surface area (Å²) < 4.78 is 18.3. The van der Waals surface area contributed by atoms with Crippen LogP contribution in [0.3, 0.4) is 0 Å². The molecule has 33 heavy (non-hydrogen) atoms. The molecule has 3 aliphatic rings. The van der Waals surface area contributed by atoms with Crippen molar-refractivity contribution in [2.24, 2.45) is 5.73 Å². The molecule has 5 rings (SSSR count). The monoisotopic (exact) mass is 476 g/mol. The first-order valence-electron chi connectivity index (χ1n) is 10.8. The van der Waals surface area contributed by atoms with Crippen molar-refractivity contribution < 1.29 is 18.7 Å². The highest BCUT2D eigenvalue weighted by molar-refractivity contribution is 6.10. The molecule has 0 aromatic carbocycles. The van der Waals surface area contributed by atoms with Crippen LogP contribution in [0, 0.1) is 0 Å². The van der Waals surface area contributed by atoms with E-state index in [0.29, 0.717) is 23.1 Å². The van der Waals surface area contributed by atoms with Crippen LogP contribution in [-0.2, 0) is 17.8 Å². The molecule has 2 aromatic heterocycles. The smallest absolute Gasteiger partial charge is 0.416 e. The lowest BCUT2D eigenvalue weighted by atomic mass is 10.1. The predicted octanol–water partition coefficient (Wildman–Crippen LogP) is 2.80. The summed E-state index contributed by atoms with van der Waals surface area (Å²) in [5, 5.41) is 0. The minimum Gasteiger partial charge on any atom is -0.447 e. The molecule has 2 saturated heterocycles. The second kappa shape index (κ2) is 9.11. The minimum absolute atomic E-state index is 0. The van der Waals surface area contributed by atoms with Crippen LogP contribution in [0.1, 0.15) is 41.4 Å². The molecule has 9 nitrogen and oxygen atoms in total. The first-order valence-corrected chi connectivity index (χ1v) is 10.8. The van der Waals surface area contributed by atoms with E-state index in [0.717, 1.165) is 30.8 Å². The van der Waals surface area contributed by atoms with Crippen molar-refractivity contribution in [3.8, 4) is 0 Å². The summed E-state index contributed by atoms with van der Waals surface area (Å²) in [5.74, 6) is 1.21. The average molecular weight is 477 g/mol. The molecule has 0 spiro atoms. The quantitative estimate of drug-likeness (QED) is 0.707. The Kier molecular flexibility index (Phi) is 6.40. The molecule has 2 N–H and O–H groups in total. The van der Waals surface area contributed by atoms with Gasteiger partial charge in [-0.05, 0) is 38.0 Å². The maximum atomic E-state index is 13.4. The van der Waals surface area contributed by atoms with Gasteiger partial charge in [0.1, 0.15) is 36.8 Å². The lowest BCUT2D eigenvalue weighted by Crippen LogP contribution is -2.36. The number of nitrogens with zero attached hydrogens (tertiary/aromatic N) is 5. The van der Waals surface area contributed by atoms with Gasteiger partial charge < -0.3 is 15.4 Å². The van der Waals surface area contributed by atoms with Gasteiger partial charge in [0.05, 0.1) is 17.8 Å². The van der Waals surface area contributed by atoms with Gasteiger partial charge >= 0.3 is 6.09 Å². The molecule has 0 radical (unpaired) electrons. The molecule has 0 bridgehead atoms. The van der Waals surface area contributed by atoms with E-state index >= 15 is 0 Å². The lowest BCUT2D eigenvalue weighted by Gasteiger charge is -2.23. The van der Waals surface area contributed by atoms with Gasteiger partial charge in [-0.1, -0.05) is 6.07 Å². The van der Waals surface area contributed by atoms with E-state index in [4.69, 9.17) is 15.5 Å². The molecule has 11 heteroatoms. The Labute approximate surface area is 197 Å². The van der Waals surface area contributed by atoms with Crippen molar-refractivity contribution in [1.29, 1.82) is 0 Å². The Hall–Kier alpha value is -2.98. The third-order valence-corrected chi connectivity index (χ3v) is 6.41. The number of aromatic nitrogens is 2. The zero-order valence-electron chi connectivity index (χ0n) is 18.2. The SMILES string of the molecule is C[C@@H]1CCCN1c1cc2c(c(CN)n1)CN(c1cccc(N3C(=O)OC[C@@H]3CF)n1)C2=O.Cl. The Balaban J connectivity index is 0.00000259. The highest BCUT2D eigenvalue weighted by Gasteiger charge is 2.37. The van der Waals surface area contributed by atoms with Gasteiger partial charge in [-0.15, -0.1) is 12.4 Å². The van der Waals surface area contributed by atoms with Crippen LogP contribution in [0.25, 0.3) is 0 Å². The molecule has 2 amide bonds. The summed E-state index contributed by atoms with van der Waals surface area (Å²) in [4.78, 5) is 39.6. The van der Waals surface area contributed by atoms with Gasteiger partial charge in [0.15, 0.2) is 0 Å². The number of hydrogen-bond donors (Lipinski definition) is 1. The molecule has 0 saturated carbocycles. The normalized spacial score (nSPS) is 22.0. The molecule has 3 aliphatic heterocycles. The zero-order valence-corrected chi connectivity index (χ0v) is 19.1. The number of alkyl halides is 1. The number of anilines is 3. The number of cyclic esters (lactones) is 1. The van der Waals surface area contributed by atoms with Gasteiger partial charge in [0, 0.05) is 24.7 Å². The molecule has 176 valence electrons. The van der Waals surface area contributed by atoms with E-state index in [2.05, 4.69) is 16.8 Å². The summed E-state index contributed by atoms with van der Waals surface area (Å²) in [6.07, 6.45) is 1.53. The summed E-state index contributed by atoms with van der Waals surface area (Å²) in [7, 11) is 0. The van der Waals surface area contributed by atoms with Gasteiger partial charge in [-0.2, -0.15) is 0 Å². The molecular formula is C22H26ClFN6O3. The van der Waals surface area contributed by atoms with E-state index in [1.165, 1.54) is 9.80 Å². The predicted molar refractivity (Wildman–Crippen MR) is 124 cm³/mol. The second-order valence-corrected chi connectivity index (χ2v) is 8.34. The highest BCUT2D eigenvalue weighted by atomic mass is 35.5. The molecule has 0 unspecified atom stereocenters. The summed E-state index contributed by atoms with van der Waals surface area (Å²) >= 11 is 0. The van der Waals surface area contributed by atoms with Crippen LogP contribution in [0.4, 0.5) is 26.6 Å². The number of carbonyl (C=O) groups is 2. The Bertz CT molecular complexity index is 1090. The average Bonchev–Trinajstić information content (AvgIpc) is 3.50. The summed E-state index contributed by atoms with van der Waals surface area (Å²) in [5.41, 5.74) is 8.05. The fraction of sp³-hybridized carbons (Fsp3) is 0.455. The zero-order chi connectivity index (χ0) is 22.4. The number of carbonyl (C=O) groups excluding carboxylic acids is 2. The first kappa shape index (κ1) is 23.2. The second-order valence-electron chi connectivity index (χ2n) is 8.34. The summed E-state index contributed by atoms with van der Waals surface area (Å²) in [6.45, 7) is 2.80. The number of rotatable bonds is 5. The molecular weight excluding hydrogens is 451 g/mol. The Morgan fingerprint density at radius 2 is 2.00 bits per heavy atom. The van der Waals surface area contributed by atoms with Crippen molar-refractivity contribution in [1.82, 2.24) is 9.97 Å². The fourth-order valence-corrected chi connectivity index (χ4v) is 4.68. The number of halogens is 2. The molecule has 2 aromatic rings. The van der Waals surface area contributed by atoms with Crippen LogP contribution in [0.5, 0.6) is 0 Å². The number of ether oxygens (including phenoxy) is 1. The molecule has 2 fully saturated rings. The van der Waals surface area contributed by atoms with Gasteiger partial charge in [-0.3, -0.25) is 14.6 Å². The largest absolute Gasteiger partial charge is 0.447 e. The minimum atomic E-state index is -0.741. The van der Waals surface area contributed by atoms with E-state index in [-0.39, 0.29) is 43.8 Å². The number of hydrogen-bond acceptors (Lipinski definition) is 7. The summed E-state index contributed by atoms with van der Waals surface area (Å²) in [6, 6.07) is 6.47. The third-order valence-electron chi connectivity index (χ3n) is 6.41. The molecule has 5 heterocycles. The highest BCUT2D eigenvalue weighted by Crippen LogP contribution is 2.34. The van der Waals surface area contributed by atoms with E-state index in [1.807, 2.05) is 6.07 Å². The molecule has 0 aliphatic carbocycles. The maximum absolute atomic E-state index is 13.4. The standard InChI is InChI=1S/C22H25FN6O3.ClH/c1-13-4-3-7-27(13)20-8-15-16(17(10-24)25-20)11-28(21(15)30)18-5-2-6-19(26-18)29-14(9-23)12-32-22(29)31;/h2,5-6,8,13-14H,3-4,7,9-12,24H2,1H3;1H/t13-,14+;/m1./s1. The lowest BCUT2D eigenvalue weighted by molar-refractivity contribution is 0.0996.